The van der Waals surface area contributed by atoms with Crippen molar-refractivity contribution in [3.05, 3.63) is 58.0 Å². The fourth-order valence-electron chi connectivity index (χ4n) is 2.71. The van der Waals surface area contributed by atoms with Gasteiger partial charge in [-0.15, -0.1) is 11.8 Å². The summed E-state index contributed by atoms with van der Waals surface area (Å²) in [4.78, 5) is 20.1. The van der Waals surface area contributed by atoms with Crippen molar-refractivity contribution in [1.82, 2.24) is 9.97 Å². The molecule has 1 fully saturated rings. The Morgan fingerprint density at radius 3 is 2.67 bits per heavy atom. The fraction of sp³-hybridized carbons (Fsp3) is 0.375. The van der Waals surface area contributed by atoms with Crippen LogP contribution in [0.4, 0.5) is 4.39 Å². The third-order valence-corrected chi connectivity index (χ3v) is 4.80. The Kier molecular flexibility index (Phi) is 4.39. The molecule has 0 atom stereocenters. The van der Waals surface area contributed by atoms with Gasteiger partial charge in [0.25, 0.3) is 5.56 Å². The van der Waals surface area contributed by atoms with Crippen LogP contribution in [0.3, 0.4) is 0 Å². The van der Waals surface area contributed by atoms with Gasteiger partial charge in [-0.05, 0) is 37.1 Å². The van der Waals surface area contributed by atoms with Crippen molar-refractivity contribution < 1.29 is 4.39 Å². The zero-order valence-corrected chi connectivity index (χ0v) is 12.5. The number of hydrogen-bond acceptors (Lipinski definition) is 3. The van der Waals surface area contributed by atoms with Crippen molar-refractivity contribution in [2.75, 3.05) is 0 Å². The van der Waals surface area contributed by atoms with E-state index in [-0.39, 0.29) is 11.4 Å². The van der Waals surface area contributed by atoms with Crippen LogP contribution in [0, 0.1) is 5.82 Å². The lowest BCUT2D eigenvalue weighted by Gasteiger charge is -2.09. The standard InChI is InChI=1S/C16H17FN2OS/c17-12-5-7-13(8-6-12)21-10-15-18-14(9-16(20)19-15)11-3-1-2-4-11/h5-9,11H,1-4,10H2,(H,18,19,20). The highest BCUT2D eigenvalue weighted by atomic mass is 32.2. The van der Waals surface area contributed by atoms with E-state index >= 15 is 0 Å². The van der Waals surface area contributed by atoms with Gasteiger partial charge in [0, 0.05) is 16.9 Å². The van der Waals surface area contributed by atoms with Crippen LogP contribution in [0.25, 0.3) is 0 Å². The topological polar surface area (TPSA) is 45.8 Å². The Morgan fingerprint density at radius 2 is 1.95 bits per heavy atom. The molecule has 3 nitrogen and oxygen atoms in total. The van der Waals surface area contributed by atoms with E-state index in [2.05, 4.69) is 9.97 Å². The van der Waals surface area contributed by atoms with Gasteiger partial charge in [-0.1, -0.05) is 12.8 Å². The second-order valence-electron chi connectivity index (χ2n) is 5.34. The number of nitrogens with one attached hydrogen (secondary N) is 1. The van der Waals surface area contributed by atoms with Gasteiger partial charge in [-0.3, -0.25) is 4.79 Å². The number of aromatic nitrogens is 2. The van der Waals surface area contributed by atoms with Crippen LogP contribution >= 0.6 is 11.8 Å². The smallest absolute Gasteiger partial charge is 0.251 e. The maximum Gasteiger partial charge on any atom is 0.251 e. The van der Waals surface area contributed by atoms with Crippen molar-refractivity contribution in [2.24, 2.45) is 0 Å². The van der Waals surface area contributed by atoms with Crippen molar-refractivity contribution in [1.29, 1.82) is 0 Å². The second-order valence-corrected chi connectivity index (χ2v) is 6.39. The van der Waals surface area contributed by atoms with E-state index in [0.717, 1.165) is 23.4 Å². The number of benzene rings is 1. The van der Waals surface area contributed by atoms with Gasteiger partial charge in [0.1, 0.15) is 11.6 Å². The van der Waals surface area contributed by atoms with E-state index in [1.165, 1.54) is 25.0 Å². The van der Waals surface area contributed by atoms with Crippen LogP contribution in [0.2, 0.25) is 0 Å². The van der Waals surface area contributed by atoms with Gasteiger partial charge >= 0.3 is 0 Å². The molecule has 110 valence electrons. The molecule has 5 heteroatoms. The monoisotopic (exact) mass is 304 g/mol. The number of H-pyrrole nitrogens is 1. The Labute approximate surface area is 127 Å². The van der Waals surface area contributed by atoms with Gasteiger partial charge in [-0.25, -0.2) is 9.37 Å². The maximum atomic E-state index is 12.9. The quantitative estimate of drug-likeness (QED) is 0.872. The van der Waals surface area contributed by atoms with Crippen molar-refractivity contribution in [3.8, 4) is 0 Å². The van der Waals surface area contributed by atoms with Crippen molar-refractivity contribution >= 4 is 11.8 Å². The zero-order chi connectivity index (χ0) is 14.7. The van der Waals surface area contributed by atoms with Gasteiger partial charge < -0.3 is 4.98 Å². The van der Waals surface area contributed by atoms with Crippen LogP contribution in [0.15, 0.2) is 40.0 Å². The molecule has 1 N–H and O–H groups in total. The maximum absolute atomic E-state index is 12.9. The van der Waals surface area contributed by atoms with Crippen LogP contribution in [-0.4, -0.2) is 9.97 Å². The predicted molar refractivity (Wildman–Crippen MR) is 82.0 cm³/mol. The highest BCUT2D eigenvalue weighted by molar-refractivity contribution is 7.98. The molecule has 1 aromatic heterocycles. The predicted octanol–water partition coefficient (Wildman–Crippen LogP) is 3.86. The van der Waals surface area contributed by atoms with E-state index < -0.39 is 0 Å². The highest BCUT2D eigenvalue weighted by Crippen LogP contribution is 2.32. The summed E-state index contributed by atoms with van der Waals surface area (Å²) in [6.07, 6.45) is 4.69. The molecule has 2 aromatic rings. The number of rotatable bonds is 4. The normalized spacial score (nSPS) is 15.5. The zero-order valence-electron chi connectivity index (χ0n) is 11.6. The van der Waals surface area contributed by atoms with Gasteiger partial charge in [0.15, 0.2) is 0 Å². The number of aromatic amines is 1. The lowest BCUT2D eigenvalue weighted by molar-refractivity contribution is 0.626. The molecule has 0 unspecified atom stereocenters. The number of nitrogens with zero attached hydrogens (tertiary/aromatic N) is 1. The van der Waals surface area contributed by atoms with Crippen LogP contribution < -0.4 is 5.56 Å². The summed E-state index contributed by atoms with van der Waals surface area (Å²) in [5.74, 6) is 1.47. The molecule has 1 saturated carbocycles. The summed E-state index contributed by atoms with van der Waals surface area (Å²) in [7, 11) is 0. The minimum Gasteiger partial charge on any atom is -0.310 e. The first kappa shape index (κ1) is 14.3. The van der Waals surface area contributed by atoms with E-state index in [1.807, 2.05) is 0 Å². The van der Waals surface area contributed by atoms with E-state index in [1.54, 1.807) is 30.0 Å². The molecule has 0 radical (unpaired) electrons. The van der Waals surface area contributed by atoms with Crippen LogP contribution in [0.1, 0.15) is 43.1 Å². The van der Waals surface area contributed by atoms with Crippen molar-refractivity contribution in [2.45, 2.75) is 42.2 Å². The first-order chi connectivity index (χ1) is 10.2. The summed E-state index contributed by atoms with van der Waals surface area (Å²) in [5, 5.41) is 0. The Morgan fingerprint density at radius 1 is 1.24 bits per heavy atom. The molecule has 21 heavy (non-hydrogen) atoms. The van der Waals surface area contributed by atoms with Gasteiger partial charge in [0.2, 0.25) is 0 Å². The molecule has 3 rings (SSSR count). The van der Waals surface area contributed by atoms with Crippen LogP contribution in [0.5, 0.6) is 0 Å². The minimum absolute atomic E-state index is 0.0818. The molecule has 0 amide bonds. The molecular formula is C16H17FN2OS. The third kappa shape index (κ3) is 3.73. The number of thioether (sulfide) groups is 1. The summed E-state index contributed by atoms with van der Waals surface area (Å²) < 4.78 is 12.9. The Hall–Kier alpha value is -1.62. The third-order valence-electron chi connectivity index (χ3n) is 3.77. The molecule has 0 bridgehead atoms. The molecule has 0 aliphatic heterocycles. The second kappa shape index (κ2) is 6.43. The lowest BCUT2D eigenvalue weighted by Crippen LogP contribution is -2.13. The Balaban J connectivity index is 1.72. The molecule has 1 aliphatic carbocycles. The highest BCUT2D eigenvalue weighted by Gasteiger charge is 2.19. The van der Waals surface area contributed by atoms with Gasteiger partial charge in [-0.2, -0.15) is 0 Å². The van der Waals surface area contributed by atoms with Gasteiger partial charge in [0.05, 0.1) is 11.4 Å². The number of halogens is 1. The fourth-order valence-corrected chi connectivity index (χ4v) is 3.48. The molecule has 1 aliphatic rings. The first-order valence-corrected chi connectivity index (χ1v) is 8.18. The van der Waals surface area contributed by atoms with E-state index in [4.69, 9.17) is 0 Å². The molecule has 1 aromatic carbocycles. The van der Waals surface area contributed by atoms with Crippen LogP contribution in [-0.2, 0) is 5.75 Å². The molecule has 0 saturated heterocycles. The minimum atomic E-state index is -0.242. The largest absolute Gasteiger partial charge is 0.310 e. The Bertz CT molecular complexity index is 663. The summed E-state index contributed by atoms with van der Waals surface area (Å²) in [6.45, 7) is 0. The number of hydrogen-bond donors (Lipinski definition) is 1. The van der Waals surface area contributed by atoms with E-state index in [9.17, 15) is 9.18 Å². The lowest BCUT2D eigenvalue weighted by atomic mass is 10.0. The van der Waals surface area contributed by atoms with E-state index in [0.29, 0.717) is 17.5 Å². The average molecular weight is 304 g/mol. The summed E-state index contributed by atoms with van der Waals surface area (Å²) in [6, 6.07) is 7.97. The average Bonchev–Trinajstić information content (AvgIpc) is 3.00. The summed E-state index contributed by atoms with van der Waals surface area (Å²) in [5.41, 5.74) is 0.840. The molecule has 0 spiro atoms. The summed E-state index contributed by atoms with van der Waals surface area (Å²) >= 11 is 1.54. The first-order valence-electron chi connectivity index (χ1n) is 7.19. The van der Waals surface area contributed by atoms with Crippen molar-refractivity contribution in [3.63, 3.8) is 0 Å². The molecule has 1 heterocycles. The molecular weight excluding hydrogens is 287 g/mol. The SMILES string of the molecule is O=c1cc(C2CCCC2)nc(CSc2ccc(F)cc2)[nH]1.